The Morgan fingerprint density at radius 1 is 1.32 bits per heavy atom. The van der Waals surface area contributed by atoms with Gasteiger partial charge >= 0.3 is 0 Å². The molecule has 2 N–H and O–H groups in total. The van der Waals surface area contributed by atoms with Crippen LogP contribution in [0.2, 0.25) is 0 Å². The highest BCUT2D eigenvalue weighted by atomic mass is 32.2. The van der Waals surface area contributed by atoms with Gasteiger partial charge in [0.1, 0.15) is 0 Å². The van der Waals surface area contributed by atoms with Crippen LogP contribution in [0.15, 0.2) is 41.0 Å². The van der Waals surface area contributed by atoms with Crippen LogP contribution in [0.4, 0.5) is 11.4 Å². The second-order valence-electron chi connectivity index (χ2n) is 4.84. The fourth-order valence-corrected chi connectivity index (χ4v) is 2.93. The van der Waals surface area contributed by atoms with Gasteiger partial charge in [0.15, 0.2) is 5.76 Å². The predicted octanol–water partition coefficient (Wildman–Crippen LogP) is 1.36. The zero-order chi connectivity index (χ0) is 15.7. The van der Waals surface area contributed by atoms with Gasteiger partial charge in [0.25, 0.3) is 16.1 Å². The van der Waals surface area contributed by atoms with Gasteiger partial charge in [0.2, 0.25) is 0 Å². The van der Waals surface area contributed by atoms with Crippen molar-refractivity contribution in [2.75, 3.05) is 23.2 Å². The highest BCUT2D eigenvalue weighted by Gasteiger charge is 2.27. The van der Waals surface area contributed by atoms with Crippen LogP contribution in [0.3, 0.4) is 0 Å². The van der Waals surface area contributed by atoms with E-state index in [9.17, 15) is 13.2 Å². The van der Waals surface area contributed by atoms with Gasteiger partial charge in [-0.2, -0.15) is 8.42 Å². The van der Waals surface area contributed by atoms with E-state index in [1.807, 2.05) is 6.07 Å². The van der Waals surface area contributed by atoms with E-state index in [1.165, 1.54) is 13.3 Å². The van der Waals surface area contributed by atoms with Crippen molar-refractivity contribution in [1.82, 2.24) is 4.72 Å². The molecule has 1 aliphatic rings. The molecule has 3 rings (SSSR count). The molecule has 2 aromatic rings. The highest BCUT2D eigenvalue weighted by Crippen LogP contribution is 2.32. The van der Waals surface area contributed by atoms with Gasteiger partial charge in [0.05, 0.1) is 12.0 Å². The maximum absolute atomic E-state index is 12.4. The van der Waals surface area contributed by atoms with E-state index < -0.39 is 10.2 Å². The number of carbonyl (C=O) groups excluding carboxylic acids is 1. The molecule has 2 heterocycles. The lowest BCUT2D eigenvalue weighted by Gasteiger charge is -2.17. The second-order valence-corrected chi connectivity index (χ2v) is 6.46. The summed E-state index contributed by atoms with van der Waals surface area (Å²) in [5.41, 5.74) is 2.08. The van der Waals surface area contributed by atoms with Crippen LogP contribution in [-0.4, -0.2) is 27.9 Å². The average Bonchev–Trinajstić information content (AvgIpc) is 3.15. The maximum Gasteiger partial charge on any atom is 0.298 e. The topological polar surface area (TPSA) is 91.7 Å². The van der Waals surface area contributed by atoms with Gasteiger partial charge in [-0.3, -0.25) is 9.52 Å². The molecule has 0 aliphatic carbocycles. The number of nitrogens with zero attached hydrogens (tertiary/aromatic N) is 1. The van der Waals surface area contributed by atoms with E-state index >= 15 is 0 Å². The Labute approximate surface area is 128 Å². The Morgan fingerprint density at radius 3 is 2.82 bits per heavy atom. The van der Waals surface area contributed by atoms with Crippen molar-refractivity contribution < 1.29 is 17.6 Å². The van der Waals surface area contributed by atoms with Crippen molar-refractivity contribution >= 4 is 27.5 Å². The summed E-state index contributed by atoms with van der Waals surface area (Å²) in [5.74, 6) is 0.0198. The number of carbonyl (C=O) groups is 1. The number of nitrogens with one attached hydrogen (secondary N) is 2. The molecule has 7 nitrogen and oxygen atoms in total. The molecule has 22 heavy (non-hydrogen) atoms. The Morgan fingerprint density at radius 2 is 2.14 bits per heavy atom. The molecule has 1 amide bonds. The molecular formula is C14H15N3O4S. The summed E-state index contributed by atoms with van der Waals surface area (Å²) in [6, 6.07) is 8.40. The quantitative estimate of drug-likeness (QED) is 0.889. The number of benzene rings is 1. The van der Waals surface area contributed by atoms with E-state index in [-0.39, 0.29) is 11.7 Å². The maximum atomic E-state index is 12.4. The first-order chi connectivity index (χ1) is 10.5. The third-order valence-corrected chi connectivity index (χ3v) is 4.52. The Bertz CT molecular complexity index is 800. The normalized spacial score (nSPS) is 14.0. The summed E-state index contributed by atoms with van der Waals surface area (Å²) >= 11 is 0. The van der Waals surface area contributed by atoms with Crippen molar-refractivity contribution in [2.45, 2.75) is 6.42 Å². The fraction of sp³-hybridized carbons (Fsp3) is 0.214. The summed E-state index contributed by atoms with van der Waals surface area (Å²) in [6.07, 6.45) is 2.17. The number of rotatable bonds is 4. The zero-order valence-electron chi connectivity index (χ0n) is 11.9. The predicted molar refractivity (Wildman–Crippen MR) is 82.1 cm³/mol. The molecule has 0 atom stereocenters. The van der Waals surface area contributed by atoms with E-state index in [0.29, 0.717) is 17.9 Å². The first kappa shape index (κ1) is 14.6. The van der Waals surface area contributed by atoms with Crippen LogP contribution in [0.1, 0.15) is 16.1 Å². The Kier molecular flexibility index (Phi) is 3.63. The van der Waals surface area contributed by atoms with Crippen LogP contribution < -0.4 is 14.3 Å². The molecule has 1 aromatic carbocycles. The van der Waals surface area contributed by atoms with Gasteiger partial charge in [-0.1, -0.05) is 6.07 Å². The molecular weight excluding hydrogens is 306 g/mol. The smallest absolute Gasteiger partial charge is 0.298 e. The monoisotopic (exact) mass is 321 g/mol. The van der Waals surface area contributed by atoms with Crippen molar-refractivity contribution in [2.24, 2.45) is 0 Å². The third kappa shape index (κ3) is 2.70. The minimum absolute atomic E-state index is 0.239. The largest absolute Gasteiger partial charge is 0.459 e. The lowest BCUT2D eigenvalue weighted by atomic mass is 10.1. The molecule has 1 aromatic heterocycles. The summed E-state index contributed by atoms with van der Waals surface area (Å²) < 4.78 is 32.8. The van der Waals surface area contributed by atoms with Crippen LogP contribution in [0, 0.1) is 0 Å². The van der Waals surface area contributed by atoms with Crippen LogP contribution in [0.25, 0.3) is 0 Å². The average molecular weight is 321 g/mol. The SMILES string of the molecule is CNS(=O)(=O)Nc1ccc2c(c1)N(C(=O)c1ccco1)CC2. The summed E-state index contributed by atoms with van der Waals surface area (Å²) in [4.78, 5) is 14.0. The summed E-state index contributed by atoms with van der Waals surface area (Å²) in [5, 5.41) is 0. The van der Waals surface area contributed by atoms with Gasteiger partial charge < -0.3 is 9.32 Å². The number of amides is 1. The van der Waals surface area contributed by atoms with E-state index in [4.69, 9.17) is 4.42 Å². The van der Waals surface area contributed by atoms with E-state index in [0.717, 1.165) is 12.0 Å². The molecule has 116 valence electrons. The van der Waals surface area contributed by atoms with Gasteiger partial charge in [-0.25, -0.2) is 4.72 Å². The zero-order valence-corrected chi connectivity index (χ0v) is 12.7. The van der Waals surface area contributed by atoms with Crippen LogP contribution >= 0.6 is 0 Å². The standard InChI is InChI=1S/C14H15N3O4S/c1-15-22(19,20)16-11-5-4-10-6-7-17(12(10)9-11)14(18)13-3-2-8-21-13/h2-5,8-9,15-16H,6-7H2,1H3. The molecule has 0 bridgehead atoms. The van der Waals surface area contributed by atoms with E-state index in [1.54, 1.807) is 29.2 Å². The number of hydrogen-bond acceptors (Lipinski definition) is 4. The minimum Gasteiger partial charge on any atom is -0.459 e. The van der Waals surface area contributed by atoms with Gasteiger partial charge in [0, 0.05) is 19.3 Å². The molecule has 0 spiro atoms. The van der Waals surface area contributed by atoms with Crippen LogP contribution in [-0.2, 0) is 16.6 Å². The molecule has 0 unspecified atom stereocenters. The van der Waals surface area contributed by atoms with Crippen molar-refractivity contribution in [3.8, 4) is 0 Å². The number of fused-ring (bicyclic) bond motifs is 1. The van der Waals surface area contributed by atoms with Crippen molar-refractivity contribution in [3.63, 3.8) is 0 Å². The molecule has 0 saturated heterocycles. The Balaban J connectivity index is 1.91. The minimum atomic E-state index is -3.59. The van der Waals surface area contributed by atoms with Gasteiger partial charge in [-0.05, 0) is 36.2 Å². The molecule has 0 radical (unpaired) electrons. The van der Waals surface area contributed by atoms with Crippen molar-refractivity contribution in [1.29, 1.82) is 0 Å². The first-order valence-corrected chi connectivity index (χ1v) is 8.18. The molecule has 0 fully saturated rings. The fourth-order valence-electron chi connectivity index (χ4n) is 2.39. The van der Waals surface area contributed by atoms with Crippen molar-refractivity contribution in [3.05, 3.63) is 47.9 Å². The number of furan rings is 1. The summed E-state index contributed by atoms with van der Waals surface area (Å²) in [7, 11) is -2.27. The highest BCUT2D eigenvalue weighted by molar-refractivity contribution is 7.90. The van der Waals surface area contributed by atoms with E-state index in [2.05, 4.69) is 9.44 Å². The molecule has 8 heteroatoms. The lowest BCUT2D eigenvalue weighted by Crippen LogP contribution is -2.29. The lowest BCUT2D eigenvalue weighted by molar-refractivity contribution is 0.0963. The first-order valence-electron chi connectivity index (χ1n) is 6.70. The van der Waals surface area contributed by atoms with Crippen LogP contribution in [0.5, 0.6) is 0 Å². The summed E-state index contributed by atoms with van der Waals surface area (Å²) in [6.45, 7) is 0.539. The Hall–Kier alpha value is -2.32. The second kappa shape index (κ2) is 5.47. The molecule has 1 aliphatic heterocycles. The number of anilines is 2. The van der Waals surface area contributed by atoms with Gasteiger partial charge in [-0.15, -0.1) is 0 Å². The number of hydrogen-bond donors (Lipinski definition) is 2. The molecule has 0 saturated carbocycles. The third-order valence-electron chi connectivity index (χ3n) is 3.48.